The molecule has 5 unspecified atom stereocenters. The first kappa shape index (κ1) is 36.9. The molecule has 52 heavy (non-hydrogen) atoms. The molecular weight excluding hydrogens is 681 g/mol. The summed E-state index contributed by atoms with van der Waals surface area (Å²) in [5.74, 6) is -1.39. The summed E-state index contributed by atoms with van der Waals surface area (Å²) in [6.45, 7) is 9.61. The van der Waals surface area contributed by atoms with E-state index in [4.69, 9.17) is 0 Å². The number of rotatable bonds is 12. The Kier molecular flexibility index (Phi) is 10.4. The van der Waals surface area contributed by atoms with E-state index < -0.39 is 29.5 Å². The zero-order chi connectivity index (χ0) is 37.4. The van der Waals surface area contributed by atoms with Crippen molar-refractivity contribution in [3.63, 3.8) is 0 Å². The van der Waals surface area contributed by atoms with Crippen molar-refractivity contribution >= 4 is 23.6 Å². The highest BCUT2D eigenvalue weighted by molar-refractivity contribution is 5.97. The van der Waals surface area contributed by atoms with E-state index >= 15 is 0 Å². The van der Waals surface area contributed by atoms with E-state index in [0.29, 0.717) is 44.6 Å². The summed E-state index contributed by atoms with van der Waals surface area (Å²) in [5, 5.41) is 20.3. The molecule has 3 aromatic rings. The van der Waals surface area contributed by atoms with Gasteiger partial charge in [-0.15, -0.1) is 13.2 Å². The van der Waals surface area contributed by atoms with E-state index in [1.54, 1.807) is 21.9 Å². The number of alkyl halides is 3. The Morgan fingerprint density at radius 3 is 2.08 bits per heavy atom. The van der Waals surface area contributed by atoms with Crippen LogP contribution in [0.15, 0.2) is 36.4 Å². The molecular formula is C36H45F3N8O5. The number of benzene rings is 1. The number of carbonyl (C=O) groups excluding carboxylic acids is 4. The van der Waals surface area contributed by atoms with E-state index in [9.17, 15) is 32.3 Å². The van der Waals surface area contributed by atoms with Gasteiger partial charge in [0.1, 0.15) is 17.1 Å². The van der Waals surface area contributed by atoms with Crippen molar-refractivity contribution in [2.75, 3.05) is 26.2 Å². The molecule has 3 aliphatic rings. The van der Waals surface area contributed by atoms with Crippen molar-refractivity contribution in [1.82, 2.24) is 40.8 Å². The summed E-state index contributed by atoms with van der Waals surface area (Å²) in [7, 11) is 0. The fraction of sp³-hybridized carbons (Fsp3) is 0.556. The SMILES string of the molecule is CCC1(C(=O)NC2CCN(C(=O)c3cc(C(C)C)[nH]n3)C2)CC1CC(C)c1cc(C(=O)N2CCC(NC(=O)c3ccccc3OC(F)(F)F)C2)n[nH]1. The van der Waals surface area contributed by atoms with Crippen molar-refractivity contribution in [3.05, 3.63) is 64.7 Å². The van der Waals surface area contributed by atoms with E-state index in [0.717, 1.165) is 30.3 Å². The summed E-state index contributed by atoms with van der Waals surface area (Å²) in [5.41, 5.74) is 1.56. The maximum absolute atomic E-state index is 13.6. The molecule has 1 aromatic carbocycles. The number of aromatic amines is 2. The summed E-state index contributed by atoms with van der Waals surface area (Å²) in [4.78, 5) is 56.0. The van der Waals surface area contributed by atoms with Crippen molar-refractivity contribution < 1.29 is 37.1 Å². The summed E-state index contributed by atoms with van der Waals surface area (Å²) < 4.78 is 42.4. The van der Waals surface area contributed by atoms with Crippen molar-refractivity contribution in [1.29, 1.82) is 0 Å². The molecule has 1 saturated carbocycles. The lowest BCUT2D eigenvalue weighted by Gasteiger charge is -2.21. The highest BCUT2D eigenvalue weighted by atomic mass is 19.4. The standard InChI is InChI=1S/C36H45F3N8O5/c1-5-35(34(51)41-24-11-13-47(19-24)32(49)28-15-26(20(2)3)42-44-28)17-22(35)14-21(4)27-16-29(45-43-27)33(50)46-12-10-23(18-46)40-31(48)25-8-6-7-9-30(25)52-36(37,38)39/h6-9,15-16,20-24H,5,10-14,17-19H2,1-4H3,(H,40,48)(H,41,51)(H,42,44)(H,43,45). The Hall–Kier alpha value is -4.89. The van der Waals surface area contributed by atoms with Crippen LogP contribution in [0.25, 0.3) is 0 Å². The number of nitrogens with one attached hydrogen (secondary N) is 4. The maximum atomic E-state index is 13.6. The average molecular weight is 727 g/mol. The lowest BCUT2D eigenvalue weighted by Crippen LogP contribution is -2.42. The lowest BCUT2D eigenvalue weighted by molar-refractivity contribution is -0.274. The highest BCUT2D eigenvalue weighted by Gasteiger charge is 2.58. The van der Waals surface area contributed by atoms with Gasteiger partial charge in [0, 0.05) is 49.7 Å². The third-order valence-corrected chi connectivity index (χ3v) is 10.7. The minimum atomic E-state index is -4.94. The van der Waals surface area contributed by atoms with Crippen molar-refractivity contribution in [2.24, 2.45) is 11.3 Å². The molecule has 1 aliphatic carbocycles. The van der Waals surface area contributed by atoms with E-state index in [-0.39, 0.29) is 59.3 Å². The Bertz CT molecular complexity index is 1810. The first-order valence-electron chi connectivity index (χ1n) is 17.8. The molecule has 2 aromatic heterocycles. The van der Waals surface area contributed by atoms with Crippen LogP contribution in [0.2, 0.25) is 0 Å². The van der Waals surface area contributed by atoms with Gasteiger partial charge in [0.25, 0.3) is 17.7 Å². The number of nitrogens with zero attached hydrogens (tertiary/aromatic N) is 4. The third kappa shape index (κ3) is 7.94. The molecule has 4 heterocycles. The van der Waals surface area contributed by atoms with Crippen LogP contribution < -0.4 is 15.4 Å². The number of ether oxygens (including phenoxy) is 1. The van der Waals surface area contributed by atoms with Gasteiger partial charge in [-0.05, 0) is 74.1 Å². The molecule has 2 saturated heterocycles. The van der Waals surface area contributed by atoms with Crippen molar-refractivity contribution in [2.45, 2.75) is 90.1 Å². The molecule has 16 heteroatoms. The highest BCUT2D eigenvalue weighted by Crippen LogP contribution is 2.59. The molecule has 280 valence electrons. The summed E-state index contributed by atoms with van der Waals surface area (Å²) in [6, 6.07) is 8.03. The minimum Gasteiger partial charge on any atom is -0.405 e. The molecule has 13 nitrogen and oxygen atoms in total. The number of hydrogen-bond donors (Lipinski definition) is 4. The topological polar surface area (TPSA) is 165 Å². The van der Waals surface area contributed by atoms with Crippen LogP contribution in [0.3, 0.4) is 0 Å². The maximum Gasteiger partial charge on any atom is 0.573 e. The minimum absolute atomic E-state index is 0.00551. The molecule has 6 rings (SSSR count). The second-order valence-electron chi connectivity index (χ2n) is 14.6. The molecule has 0 bridgehead atoms. The number of hydrogen-bond acceptors (Lipinski definition) is 7. The van der Waals surface area contributed by atoms with Crippen LogP contribution in [0.4, 0.5) is 13.2 Å². The van der Waals surface area contributed by atoms with Gasteiger partial charge in [-0.2, -0.15) is 10.2 Å². The Labute approximate surface area is 299 Å². The van der Waals surface area contributed by atoms with Gasteiger partial charge in [-0.3, -0.25) is 29.4 Å². The van der Waals surface area contributed by atoms with Crippen LogP contribution in [0.1, 0.15) is 114 Å². The van der Waals surface area contributed by atoms with Gasteiger partial charge in [0.15, 0.2) is 0 Å². The fourth-order valence-electron chi connectivity index (χ4n) is 7.46. The first-order chi connectivity index (χ1) is 24.7. The van der Waals surface area contributed by atoms with Gasteiger partial charge in [-0.25, -0.2) is 0 Å². The normalized spacial score (nSPS) is 23.5. The number of amides is 4. The Morgan fingerprint density at radius 2 is 1.50 bits per heavy atom. The van der Waals surface area contributed by atoms with Gasteiger partial charge >= 0.3 is 6.36 Å². The Morgan fingerprint density at radius 1 is 0.923 bits per heavy atom. The number of H-pyrrole nitrogens is 2. The molecule has 0 radical (unpaired) electrons. The van der Waals surface area contributed by atoms with Gasteiger partial charge in [-0.1, -0.05) is 39.8 Å². The summed E-state index contributed by atoms with van der Waals surface area (Å²) in [6.07, 6.45) is -1.66. The first-order valence-corrected chi connectivity index (χ1v) is 17.8. The quantitative estimate of drug-likeness (QED) is 0.209. The van der Waals surface area contributed by atoms with E-state index in [2.05, 4.69) is 35.8 Å². The van der Waals surface area contributed by atoms with Crippen LogP contribution in [-0.4, -0.2) is 98.4 Å². The molecule has 0 spiro atoms. The third-order valence-electron chi connectivity index (χ3n) is 10.7. The zero-order valence-corrected chi connectivity index (χ0v) is 29.7. The van der Waals surface area contributed by atoms with Crippen LogP contribution in [-0.2, 0) is 4.79 Å². The number of para-hydroxylation sites is 1. The number of carbonyl (C=O) groups is 4. The van der Waals surface area contributed by atoms with Crippen molar-refractivity contribution in [3.8, 4) is 5.75 Å². The second kappa shape index (κ2) is 14.6. The average Bonchev–Trinajstić information content (AvgIpc) is 3.73. The summed E-state index contributed by atoms with van der Waals surface area (Å²) >= 11 is 0. The monoisotopic (exact) mass is 726 g/mol. The molecule has 4 amide bonds. The number of halogens is 3. The predicted molar refractivity (Wildman–Crippen MR) is 182 cm³/mol. The fourth-order valence-corrected chi connectivity index (χ4v) is 7.46. The largest absolute Gasteiger partial charge is 0.573 e. The van der Waals surface area contributed by atoms with Crippen LogP contribution in [0.5, 0.6) is 5.75 Å². The van der Waals surface area contributed by atoms with Crippen LogP contribution >= 0.6 is 0 Å². The molecule has 5 atom stereocenters. The van der Waals surface area contributed by atoms with Gasteiger partial charge in [0.05, 0.1) is 11.0 Å². The van der Waals surface area contributed by atoms with Crippen LogP contribution in [0, 0.1) is 11.3 Å². The number of aromatic nitrogens is 4. The van der Waals surface area contributed by atoms with E-state index in [1.165, 1.54) is 18.2 Å². The molecule has 4 N–H and O–H groups in total. The lowest BCUT2D eigenvalue weighted by atomic mass is 9.92. The van der Waals surface area contributed by atoms with Gasteiger partial charge in [0.2, 0.25) is 5.91 Å². The smallest absolute Gasteiger partial charge is 0.405 e. The van der Waals surface area contributed by atoms with Gasteiger partial charge < -0.3 is 25.2 Å². The Balaban J connectivity index is 0.978. The van der Waals surface area contributed by atoms with E-state index in [1.807, 2.05) is 27.7 Å². The predicted octanol–water partition coefficient (Wildman–Crippen LogP) is 4.74. The zero-order valence-electron chi connectivity index (χ0n) is 29.7. The number of likely N-dealkylation sites (tertiary alicyclic amines) is 2. The molecule has 3 fully saturated rings. The molecule has 2 aliphatic heterocycles. The second-order valence-corrected chi connectivity index (χ2v) is 14.6.